The summed E-state index contributed by atoms with van der Waals surface area (Å²) in [6, 6.07) is 7.27. The van der Waals surface area contributed by atoms with E-state index in [0.717, 1.165) is 17.4 Å². The average Bonchev–Trinajstić information content (AvgIpc) is 3.56. The summed E-state index contributed by atoms with van der Waals surface area (Å²) >= 11 is 0. The fourth-order valence-electron chi connectivity index (χ4n) is 4.15. The molecular formula is C27H37N3O4Si. The molecule has 2 heterocycles. The monoisotopic (exact) mass is 495 g/mol. The molecule has 1 aliphatic carbocycles. The SMILES string of the molecule is Cc1c(C(=O)O)c2ncnc(-c3cc(C(C)C)ccc3OCC3CC3)c2n1COCC[Si](C)(C)C. The van der Waals surface area contributed by atoms with Gasteiger partial charge in [-0.05, 0) is 55.3 Å². The van der Waals surface area contributed by atoms with Crippen LogP contribution in [0.2, 0.25) is 25.7 Å². The molecule has 188 valence electrons. The summed E-state index contributed by atoms with van der Waals surface area (Å²) in [5, 5.41) is 10.0. The van der Waals surface area contributed by atoms with Crippen LogP contribution in [0.5, 0.6) is 5.75 Å². The molecular weight excluding hydrogens is 458 g/mol. The van der Waals surface area contributed by atoms with E-state index in [1.165, 1.54) is 24.7 Å². The number of aromatic carboxylic acids is 1. The number of hydrogen-bond acceptors (Lipinski definition) is 5. The van der Waals surface area contributed by atoms with Crippen molar-refractivity contribution >= 4 is 25.1 Å². The van der Waals surface area contributed by atoms with Gasteiger partial charge in [-0.1, -0.05) is 39.6 Å². The predicted octanol–water partition coefficient (Wildman–Crippen LogP) is 6.33. The Hall–Kier alpha value is -2.71. The second-order valence-electron chi connectivity index (χ2n) is 11.1. The van der Waals surface area contributed by atoms with Crippen molar-refractivity contribution in [1.29, 1.82) is 0 Å². The number of nitrogens with zero attached hydrogens (tertiary/aromatic N) is 3. The van der Waals surface area contributed by atoms with Crippen molar-refractivity contribution in [2.24, 2.45) is 5.92 Å². The van der Waals surface area contributed by atoms with Crippen molar-refractivity contribution in [2.45, 2.75) is 71.9 Å². The predicted molar refractivity (Wildman–Crippen MR) is 141 cm³/mol. The van der Waals surface area contributed by atoms with E-state index in [9.17, 15) is 9.90 Å². The van der Waals surface area contributed by atoms with Crippen LogP contribution in [-0.4, -0.2) is 46.9 Å². The number of benzene rings is 1. The van der Waals surface area contributed by atoms with Gasteiger partial charge in [-0.15, -0.1) is 0 Å². The van der Waals surface area contributed by atoms with Crippen LogP contribution in [0.3, 0.4) is 0 Å². The van der Waals surface area contributed by atoms with Gasteiger partial charge in [0.2, 0.25) is 0 Å². The molecule has 1 saturated carbocycles. The minimum atomic E-state index is -1.25. The highest BCUT2D eigenvalue weighted by molar-refractivity contribution is 6.76. The highest BCUT2D eigenvalue weighted by Crippen LogP contribution is 2.39. The summed E-state index contributed by atoms with van der Waals surface area (Å²) in [7, 11) is -1.25. The van der Waals surface area contributed by atoms with E-state index in [4.69, 9.17) is 9.47 Å². The molecule has 1 fully saturated rings. The zero-order valence-electron chi connectivity index (χ0n) is 21.7. The van der Waals surface area contributed by atoms with E-state index in [1.54, 1.807) is 0 Å². The Labute approximate surface area is 208 Å². The van der Waals surface area contributed by atoms with Gasteiger partial charge in [-0.25, -0.2) is 14.8 Å². The lowest BCUT2D eigenvalue weighted by Crippen LogP contribution is -2.22. The second kappa shape index (κ2) is 10.1. The number of carbonyl (C=O) groups is 1. The normalized spacial score (nSPS) is 14.1. The molecule has 0 amide bonds. The molecule has 0 spiro atoms. The molecule has 1 aromatic carbocycles. The lowest BCUT2D eigenvalue weighted by atomic mass is 9.98. The third-order valence-corrected chi connectivity index (χ3v) is 8.33. The van der Waals surface area contributed by atoms with Gasteiger partial charge < -0.3 is 19.1 Å². The zero-order valence-corrected chi connectivity index (χ0v) is 22.7. The van der Waals surface area contributed by atoms with Crippen LogP contribution in [0.25, 0.3) is 22.3 Å². The molecule has 7 nitrogen and oxygen atoms in total. The van der Waals surface area contributed by atoms with Gasteiger partial charge in [-0.2, -0.15) is 0 Å². The number of hydrogen-bond donors (Lipinski definition) is 1. The number of carboxylic acid groups (broad SMARTS) is 1. The minimum absolute atomic E-state index is 0.193. The summed E-state index contributed by atoms with van der Waals surface area (Å²) in [5.41, 5.74) is 4.62. The summed E-state index contributed by atoms with van der Waals surface area (Å²) in [6.07, 6.45) is 3.86. The minimum Gasteiger partial charge on any atom is -0.493 e. The van der Waals surface area contributed by atoms with E-state index < -0.39 is 14.0 Å². The van der Waals surface area contributed by atoms with E-state index in [-0.39, 0.29) is 12.3 Å². The summed E-state index contributed by atoms with van der Waals surface area (Å²) < 4.78 is 14.2. The lowest BCUT2D eigenvalue weighted by molar-refractivity contribution is 0.0694. The smallest absolute Gasteiger partial charge is 0.339 e. The van der Waals surface area contributed by atoms with Gasteiger partial charge in [0.15, 0.2) is 0 Å². The molecule has 4 rings (SSSR count). The Morgan fingerprint density at radius 1 is 1.23 bits per heavy atom. The Balaban J connectivity index is 1.84. The molecule has 2 aromatic heterocycles. The number of rotatable bonds is 11. The Morgan fingerprint density at radius 2 is 1.97 bits per heavy atom. The van der Waals surface area contributed by atoms with Crippen LogP contribution in [0.4, 0.5) is 0 Å². The van der Waals surface area contributed by atoms with Crippen molar-refractivity contribution in [3.63, 3.8) is 0 Å². The molecule has 0 bridgehead atoms. The first-order valence-electron chi connectivity index (χ1n) is 12.5. The largest absolute Gasteiger partial charge is 0.493 e. The topological polar surface area (TPSA) is 86.5 Å². The first kappa shape index (κ1) is 25.4. The quantitative estimate of drug-likeness (QED) is 0.247. The summed E-state index contributed by atoms with van der Waals surface area (Å²) in [4.78, 5) is 21.3. The van der Waals surface area contributed by atoms with Crippen LogP contribution < -0.4 is 4.74 Å². The highest BCUT2D eigenvalue weighted by Gasteiger charge is 2.27. The van der Waals surface area contributed by atoms with Crippen molar-refractivity contribution in [3.8, 4) is 17.0 Å². The summed E-state index contributed by atoms with van der Waals surface area (Å²) in [6.45, 7) is 14.6. The maximum Gasteiger partial charge on any atom is 0.339 e. The molecule has 0 saturated heterocycles. The first-order chi connectivity index (χ1) is 16.6. The number of aromatic nitrogens is 3. The number of ether oxygens (including phenoxy) is 2. The van der Waals surface area contributed by atoms with E-state index in [0.29, 0.717) is 47.5 Å². The van der Waals surface area contributed by atoms with Crippen molar-refractivity contribution in [3.05, 3.63) is 41.3 Å². The third-order valence-electron chi connectivity index (χ3n) is 6.62. The molecule has 35 heavy (non-hydrogen) atoms. The van der Waals surface area contributed by atoms with Crippen LogP contribution in [-0.2, 0) is 11.5 Å². The van der Waals surface area contributed by atoms with Crippen LogP contribution in [0.1, 0.15) is 54.2 Å². The summed E-state index contributed by atoms with van der Waals surface area (Å²) in [5.74, 6) is 0.710. The fraction of sp³-hybridized carbons (Fsp3) is 0.519. The van der Waals surface area contributed by atoms with Gasteiger partial charge in [0.25, 0.3) is 0 Å². The zero-order chi connectivity index (χ0) is 25.3. The fourth-order valence-corrected chi connectivity index (χ4v) is 4.91. The van der Waals surface area contributed by atoms with E-state index in [2.05, 4.69) is 55.6 Å². The molecule has 0 atom stereocenters. The highest BCUT2D eigenvalue weighted by atomic mass is 28.3. The average molecular weight is 496 g/mol. The van der Waals surface area contributed by atoms with Crippen molar-refractivity contribution < 1.29 is 19.4 Å². The molecule has 0 radical (unpaired) electrons. The molecule has 1 N–H and O–H groups in total. The Kier molecular flexibility index (Phi) is 7.33. The number of fused-ring (bicyclic) bond motifs is 1. The van der Waals surface area contributed by atoms with Crippen molar-refractivity contribution in [1.82, 2.24) is 14.5 Å². The second-order valence-corrected chi connectivity index (χ2v) is 16.7. The molecule has 8 heteroatoms. The van der Waals surface area contributed by atoms with Crippen LogP contribution >= 0.6 is 0 Å². The molecule has 1 aliphatic rings. The Morgan fingerprint density at radius 3 is 2.60 bits per heavy atom. The lowest BCUT2D eigenvalue weighted by Gasteiger charge is -2.18. The molecule has 0 unspecified atom stereocenters. The van der Waals surface area contributed by atoms with E-state index >= 15 is 0 Å². The molecule has 0 aliphatic heterocycles. The van der Waals surface area contributed by atoms with Gasteiger partial charge in [0, 0.05) is 25.9 Å². The van der Waals surface area contributed by atoms with Crippen molar-refractivity contribution in [2.75, 3.05) is 13.2 Å². The van der Waals surface area contributed by atoms with Crippen LogP contribution in [0.15, 0.2) is 24.5 Å². The maximum absolute atomic E-state index is 12.2. The molecule has 3 aromatic rings. The third kappa shape index (κ3) is 5.75. The van der Waals surface area contributed by atoms with Gasteiger partial charge in [-0.3, -0.25) is 0 Å². The first-order valence-corrected chi connectivity index (χ1v) is 16.2. The maximum atomic E-state index is 12.2. The van der Waals surface area contributed by atoms with Crippen LogP contribution in [0, 0.1) is 12.8 Å². The van der Waals surface area contributed by atoms with E-state index in [1.807, 2.05) is 17.6 Å². The standard InChI is InChI=1S/C27H37N3O4Si/c1-17(2)20-9-10-22(34-14-19-7-8-19)21(13-20)24-26-25(29-15-28-24)23(27(31)32)18(3)30(26)16-33-11-12-35(4,5)6/h9-10,13,15,17,19H,7-8,11-12,14,16H2,1-6H3,(H,31,32). The Bertz CT molecular complexity index is 1230. The van der Waals surface area contributed by atoms with Gasteiger partial charge in [0.05, 0.1) is 12.1 Å². The van der Waals surface area contributed by atoms with Gasteiger partial charge >= 0.3 is 5.97 Å². The number of carboxylic acids is 1. The van der Waals surface area contributed by atoms with Gasteiger partial charge in [0.1, 0.15) is 35.6 Å².